The highest BCUT2D eigenvalue weighted by Crippen LogP contribution is 2.15. The Morgan fingerprint density at radius 3 is 3.00 bits per heavy atom. The molecule has 0 bridgehead atoms. The average molecular weight is 197 g/mol. The Balaban J connectivity index is 1.87. The van der Waals surface area contributed by atoms with Gasteiger partial charge in [0, 0.05) is 31.1 Å². The first-order valence-electron chi connectivity index (χ1n) is 4.69. The van der Waals surface area contributed by atoms with Crippen LogP contribution in [0.15, 0.2) is 5.38 Å². The van der Waals surface area contributed by atoms with Gasteiger partial charge in [-0.15, -0.1) is 11.3 Å². The third-order valence-corrected chi connectivity index (χ3v) is 3.31. The molecule has 2 heterocycles. The van der Waals surface area contributed by atoms with Gasteiger partial charge in [0.05, 0.1) is 10.7 Å². The fourth-order valence-electron chi connectivity index (χ4n) is 1.55. The molecule has 0 saturated carbocycles. The van der Waals surface area contributed by atoms with Crippen LogP contribution in [0.2, 0.25) is 0 Å². The summed E-state index contributed by atoms with van der Waals surface area (Å²) in [6, 6.07) is 0.393. The third kappa shape index (κ3) is 2.07. The van der Waals surface area contributed by atoms with Gasteiger partial charge in [0.25, 0.3) is 0 Å². The van der Waals surface area contributed by atoms with E-state index in [1.807, 2.05) is 0 Å². The van der Waals surface area contributed by atoms with E-state index in [0.717, 1.165) is 26.1 Å². The van der Waals surface area contributed by atoms with E-state index in [1.54, 1.807) is 11.3 Å². The van der Waals surface area contributed by atoms with Crippen molar-refractivity contribution < 1.29 is 0 Å². The SMILES string of the molecule is CCc1nc(CN2CC(N)C2)cs1. The quantitative estimate of drug-likeness (QED) is 0.781. The summed E-state index contributed by atoms with van der Waals surface area (Å²) in [4.78, 5) is 6.84. The summed E-state index contributed by atoms with van der Waals surface area (Å²) in [5.74, 6) is 0. The molecule has 2 rings (SSSR count). The lowest BCUT2D eigenvalue weighted by molar-refractivity contribution is 0.141. The molecule has 13 heavy (non-hydrogen) atoms. The summed E-state index contributed by atoms with van der Waals surface area (Å²) >= 11 is 1.76. The molecule has 2 N–H and O–H groups in total. The maximum Gasteiger partial charge on any atom is 0.0926 e. The highest BCUT2D eigenvalue weighted by Gasteiger charge is 2.23. The molecular weight excluding hydrogens is 182 g/mol. The first-order valence-corrected chi connectivity index (χ1v) is 5.57. The lowest BCUT2D eigenvalue weighted by atomic mass is 10.1. The number of hydrogen-bond acceptors (Lipinski definition) is 4. The second kappa shape index (κ2) is 3.74. The monoisotopic (exact) mass is 197 g/mol. The van der Waals surface area contributed by atoms with Crippen LogP contribution in [0.4, 0.5) is 0 Å². The van der Waals surface area contributed by atoms with Gasteiger partial charge in [-0.1, -0.05) is 6.92 Å². The van der Waals surface area contributed by atoms with Gasteiger partial charge in [0.15, 0.2) is 0 Å². The molecule has 1 aromatic heterocycles. The van der Waals surface area contributed by atoms with Crippen LogP contribution in [0.1, 0.15) is 17.6 Å². The Morgan fingerprint density at radius 1 is 1.69 bits per heavy atom. The van der Waals surface area contributed by atoms with Crippen molar-refractivity contribution in [1.82, 2.24) is 9.88 Å². The van der Waals surface area contributed by atoms with Crippen molar-refractivity contribution in [3.8, 4) is 0 Å². The molecule has 1 aliphatic heterocycles. The molecular formula is C9H15N3S. The van der Waals surface area contributed by atoms with Crippen LogP contribution in [0.5, 0.6) is 0 Å². The second-order valence-corrected chi connectivity index (χ2v) is 4.48. The number of nitrogens with two attached hydrogens (primary N) is 1. The summed E-state index contributed by atoms with van der Waals surface area (Å²) in [5, 5.41) is 3.39. The Hall–Kier alpha value is -0.450. The van der Waals surface area contributed by atoms with Gasteiger partial charge in [-0.2, -0.15) is 0 Å². The summed E-state index contributed by atoms with van der Waals surface area (Å²) in [5.41, 5.74) is 6.90. The van der Waals surface area contributed by atoms with Gasteiger partial charge in [0.1, 0.15) is 0 Å². The van der Waals surface area contributed by atoms with Crippen LogP contribution in [-0.2, 0) is 13.0 Å². The zero-order chi connectivity index (χ0) is 9.26. The lowest BCUT2D eigenvalue weighted by Gasteiger charge is -2.36. The number of aryl methyl sites for hydroxylation is 1. The minimum absolute atomic E-state index is 0.393. The van der Waals surface area contributed by atoms with Crippen molar-refractivity contribution in [2.45, 2.75) is 25.9 Å². The van der Waals surface area contributed by atoms with Crippen molar-refractivity contribution >= 4 is 11.3 Å². The van der Waals surface area contributed by atoms with Gasteiger partial charge < -0.3 is 5.73 Å². The van der Waals surface area contributed by atoms with Crippen LogP contribution in [0, 0.1) is 0 Å². The lowest BCUT2D eigenvalue weighted by Crippen LogP contribution is -2.54. The molecule has 0 radical (unpaired) electrons. The number of hydrogen-bond donors (Lipinski definition) is 1. The van der Waals surface area contributed by atoms with E-state index in [4.69, 9.17) is 5.73 Å². The number of aromatic nitrogens is 1. The zero-order valence-corrected chi connectivity index (χ0v) is 8.68. The molecule has 1 fully saturated rings. The minimum atomic E-state index is 0.393. The smallest absolute Gasteiger partial charge is 0.0926 e. The Bertz CT molecular complexity index is 278. The fraction of sp³-hybridized carbons (Fsp3) is 0.667. The number of thiazole rings is 1. The summed E-state index contributed by atoms with van der Waals surface area (Å²) in [7, 11) is 0. The van der Waals surface area contributed by atoms with E-state index in [2.05, 4.69) is 22.2 Å². The van der Waals surface area contributed by atoms with E-state index in [0.29, 0.717) is 6.04 Å². The molecule has 1 saturated heterocycles. The second-order valence-electron chi connectivity index (χ2n) is 3.54. The third-order valence-electron chi connectivity index (χ3n) is 2.27. The van der Waals surface area contributed by atoms with Gasteiger partial charge in [-0.05, 0) is 6.42 Å². The van der Waals surface area contributed by atoms with Crippen molar-refractivity contribution in [3.63, 3.8) is 0 Å². The molecule has 0 atom stereocenters. The summed E-state index contributed by atoms with van der Waals surface area (Å²) in [6.07, 6.45) is 1.05. The van der Waals surface area contributed by atoms with Crippen molar-refractivity contribution in [3.05, 3.63) is 16.1 Å². The van der Waals surface area contributed by atoms with Gasteiger partial charge >= 0.3 is 0 Å². The maximum absolute atomic E-state index is 5.69. The molecule has 0 spiro atoms. The van der Waals surface area contributed by atoms with Crippen molar-refractivity contribution in [2.24, 2.45) is 5.73 Å². The average Bonchev–Trinajstić information content (AvgIpc) is 2.50. The maximum atomic E-state index is 5.69. The van der Waals surface area contributed by atoms with Crippen LogP contribution in [0.25, 0.3) is 0 Å². The summed E-state index contributed by atoms with van der Waals surface area (Å²) in [6.45, 7) is 5.17. The van der Waals surface area contributed by atoms with E-state index in [1.165, 1.54) is 10.7 Å². The topological polar surface area (TPSA) is 42.2 Å². The molecule has 0 unspecified atom stereocenters. The number of likely N-dealkylation sites (tertiary alicyclic amines) is 1. The predicted molar refractivity (Wildman–Crippen MR) is 54.7 cm³/mol. The Labute approximate surface area is 82.6 Å². The van der Waals surface area contributed by atoms with Crippen LogP contribution < -0.4 is 5.73 Å². The molecule has 72 valence electrons. The van der Waals surface area contributed by atoms with Crippen LogP contribution in [0.3, 0.4) is 0 Å². The number of nitrogens with zero attached hydrogens (tertiary/aromatic N) is 2. The molecule has 1 aromatic rings. The molecule has 0 amide bonds. The van der Waals surface area contributed by atoms with Gasteiger partial charge in [0.2, 0.25) is 0 Å². The summed E-state index contributed by atoms with van der Waals surface area (Å²) < 4.78 is 0. The molecule has 4 heteroatoms. The zero-order valence-electron chi connectivity index (χ0n) is 7.86. The molecule has 1 aliphatic rings. The highest BCUT2D eigenvalue weighted by atomic mass is 32.1. The Morgan fingerprint density at radius 2 is 2.46 bits per heavy atom. The Kier molecular flexibility index (Phi) is 2.62. The first kappa shape index (κ1) is 9.12. The standard InChI is InChI=1S/C9H15N3S/c1-2-9-11-8(6-13-9)5-12-3-7(10)4-12/h6-7H,2-5,10H2,1H3. The molecule has 0 aromatic carbocycles. The number of rotatable bonds is 3. The van der Waals surface area contributed by atoms with E-state index < -0.39 is 0 Å². The van der Waals surface area contributed by atoms with Gasteiger partial charge in [-0.25, -0.2) is 4.98 Å². The normalized spacial score (nSPS) is 18.9. The molecule has 0 aliphatic carbocycles. The molecule has 3 nitrogen and oxygen atoms in total. The van der Waals surface area contributed by atoms with Crippen molar-refractivity contribution in [1.29, 1.82) is 0 Å². The largest absolute Gasteiger partial charge is 0.325 e. The van der Waals surface area contributed by atoms with E-state index in [9.17, 15) is 0 Å². The first-order chi connectivity index (χ1) is 6.28. The van der Waals surface area contributed by atoms with Crippen LogP contribution >= 0.6 is 11.3 Å². The van der Waals surface area contributed by atoms with Crippen molar-refractivity contribution in [2.75, 3.05) is 13.1 Å². The highest BCUT2D eigenvalue weighted by molar-refractivity contribution is 7.09. The van der Waals surface area contributed by atoms with E-state index >= 15 is 0 Å². The van der Waals surface area contributed by atoms with Crippen LogP contribution in [-0.4, -0.2) is 29.0 Å². The fourth-order valence-corrected chi connectivity index (χ4v) is 2.29. The van der Waals surface area contributed by atoms with E-state index in [-0.39, 0.29) is 0 Å². The predicted octanol–water partition coefficient (Wildman–Crippen LogP) is 0.848. The minimum Gasteiger partial charge on any atom is -0.325 e. The van der Waals surface area contributed by atoms with Gasteiger partial charge in [-0.3, -0.25) is 4.90 Å².